The van der Waals surface area contributed by atoms with Crippen LogP contribution in [0.15, 0.2) is 23.6 Å². The van der Waals surface area contributed by atoms with E-state index in [1.54, 1.807) is 6.26 Å². The SMILES string of the molecule is CSc1ncc(C(F)(F)F)c(-c2ccnn2C2CCCCO2)n1. The molecule has 0 aromatic carbocycles. The molecule has 0 radical (unpaired) electrons. The summed E-state index contributed by atoms with van der Waals surface area (Å²) in [5.74, 6) is 0. The zero-order chi connectivity index (χ0) is 16.4. The average molecular weight is 344 g/mol. The number of rotatable bonds is 3. The van der Waals surface area contributed by atoms with Crippen LogP contribution in [0.3, 0.4) is 0 Å². The molecule has 5 nitrogen and oxygen atoms in total. The van der Waals surface area contributed by atoms with E-state index >= 15 is 0 Å². The van der Waals surface area contributed by atoms with Gasteiger partial charge in [0, 0.05) is 19.0 Å². The quantitative estimate of drug-likeness (QED) is 0.626. The first-order chi connectivity index (χ1) is 11.0. The topological polar surface area (TPSA) is 52.8 Å². The van der Waals surface area contributed by atoms with E-state index < -0.39 is 11.7 Å². The Kier molecular flexibility index (Phi) is 4.58. The number of hydrogen-bond donors (Lipinski definition) is 0. The van der Waals surface area contributed by atoms with E-state index in [0.29, 0.717) is 12.3 Å². The van der Waals surface area contributed by atoms with Gasteiger partial charge in [-0.15, -0.1) is 0 Å². The Morgan fingerprint density at radius 1 is 1.35 bits per heavy atom. The molecule has 1 saturated heterocycles. The van der Waals surface area contributed by atoms with Crippen molar-refractivity contribution in [3.63, 3.8) is 0 Å². The van der Waals surface area contributed by atoms with Crippen LogP contribution in [0.25, 0.3) is 11.4 Å². The second-order valence-corrected chi connectivity index (χ2v) is 5.87. The molecule has 0 saturated carbocycles. The highest BCUT2D eigenvalue weighted by atomic mass is 32.2. The van der Waals surface area contributed by atoms with Crippen LogP contribution in [0.5, 0.6) is 0 Å². The molecule has 1 aliphatic heterocycles. The van der Waals surface area contributed by atoms with Gasteiger partial charge in [0.25, 0.3) is 0 Å². The summed E-state index contributed by atoms with van der Waals surface area (Å²) in [6, 6.07) is 1.53. The first kappa shape index (κ1) is 16.3. The van der Waals surface area contributed by atoms with Crippen molar-refractivity contribution in [2.45, 2.75) is 36.8 Å². The largest absolute Gasteiger partial charge is 0.420 e. The number of aromatic nitrogens is 4. The van der Waals surface area contributed by atoms with E-state index in [2.05, 4.69) is 15.1 Å². The van der Waals surface area contributed by atoms with E-state index in [4.69, 9.17) is 4.74 Å². The van der Waals surface area contributed by atoms with Crippen molar-refractivity contribution in [1.82, 2.24) is 19.7 Å². The molecule has 9 heteroatoms. The summed E-state index contributed by atoms with van der Waals surface area (Å²) in [7, 11) is 0. The number of hydrogen-bond acceptors (Lipinski definition) is 5. The van der Waals surface area contributed by atoms with Crippen LogP contribution < -0.4 is 0 Å². The van der Waals surface area contributed by atoms with Crippen molar-refractivity contribution >= 4 is 11.8 Å². The van der Waals surface area contributed by atoms with E-state index in [0.717, 1.165) is 25.5 Å². The average Bonchev–Trinajstić information content (AvgIpc) is 3.03. The lowest BCUT2D eigenvalue weighted by Gasteiger charge is -2.25. The van der Waals surface area contributed by atoms with Gasteiger partial charge in [-0.25, -0.2) is 14.6 Å². The minimum atomic E-state index is -4.53. The standard InChI is InChI=1S/C14H15F3N4OS/c1-23-13-18-8-9(14(15,16)17)12(20-13)10-5-6-19-21(10)11-4-2-3-7-22-11/h5-6,8,11H,2-4,7H2,1H3. The summed E-state index contributed by atoms with van der Waals surface area (Å²) in [6.07, 6.45) is 1.74. The van der Waals surface area contributed by atoms with Crippen molar-refractivity contribution < 1.29 is 17.9 Å². The van der Waals surface area contributed by atoms with E-state index in [1.165, 1.54) is 28.7 Å². The lowest BCUT2D eigenvalue weighted by atomic mass is 10.1. The first-order valence-corrected chi connectivity index (χ1v) is 8.37. The maximum Gasteiger partial charge on any atom is 0.420 e. The molecular formula is C14H15F3N4OS. The van der Waals surface area contributed by atoms with Gasteiger partial charge in [0.15, 0.2) is 11.4 Å². The summed E-state index contributed by atoms with van der Waals surface area (Å²) >= 11 is 1.19. The van der Waals surface area contributed by atoms with E-state index in [9.17, 15) is 13.2 Å². The van der Waals surface area contributed by atoms with Crippen LogP contribution in [0.2, 0.25) is 0 Å². The lowest BCUT2D eigenvalue weighted by molar-refractivity contribution is -0.137. The Morgan fingerprint density at radius 2 is 2.17 bits per heavy atom. The minimum absolute atomic E-state index is 0.163. The van der Waals surface area contributed by atoms with Gasteiger partial charge < -0.3 is 4.74 Å². The summed E-state index contributed by atoms with van der Waals surface area (Å²) in [6.45, 7) is 0.579. The van der Waals surface area contributed by atoms with Crippen LogP contribution >= 0.6 is 11.8 Å². The van der Waals surface area contributed by atoms with Crippen molar-refractivity contribution in [3.8, 4) is 11.4 Å². The van der Waals surface area contributed by atoms with Gasteiger partial charge in [0.05, 0.1) is 5.69 Å². The molecule has 3 heterocycles. The predicted octanol–water partition coefficient (Wildman–Crippen LogP) is 3.78. The molecule has 0 N–H and O–H groups in total. The molecule has 1 atom stereocenters. The highest BCUT2D eigenvalue weighted by molar-refractivity contribution is 7.98. The number of ether oxygens (including phenoxy) is 1. The molecule has 0 amide bonds. The second-order valence-electron chi connectivity index (χ2n) is 5.10. The highest BCUT2D eigenvalue weighted by Gasteiger charge is 2.36. The zero-order valence-electron chi connectivity index (χ0n) is 12.4. The number of alkyl halides is 3. The van der Waals surface area contributed by atoms with Crippen LogP contribution in [0, 0.1) is 0 Å². The van der Waals surface area contributed by atoms with Crippen molar-refractivity contribution in [3.05, 3.63) is 24.0 Å². The van der Waals surface area contributed by atoms with E-state index in [-0.39, 0.29) is 17.1 Å². The zero-order valence-corrected chi connectivity index (χ0v) is 13.2. The third-order valence-corrected chi connectivity index (χ3v) is 4.16. The van der Waals surface area contributed by atoms with Gasteiger partial charge in [0.1, 0.15) is 11.3 Å². The molecule has 23 heavy (non-hydrogen) atoms. The van der Waals surface area contributed by atoms with E-state index in [1.807, 2.05) is 0 Å². The smallest absolute Gasteiger partial charge is 0.356 e. The van der Waals surface area contributed by atoms with Gasteiger partial charge in [-0.3, -0.25) is 0 Å². The molecule has 1 fully saturated rings. The fourth-order valence-corrected chi connectivity index (χ4v) is 2.86. The molecule has 0 bridgehead atoms. The molecule has 1 aliphatic rings. The van der Waals surface area contributed by atoms with Crippen LogP contribution in [-0.2, 0) is 10.9 Å². The number of thioether (sulfide) groups is 1. The van der Waals surface area contributed by atoms with Gasteiger partial charge in [-0.05, 0) is 31.6 Å². The lowest BCUT2D eigenvalue weighted by Crippen LogP contribution is -2.21. The Hall–Kier alpha value is -1.61. The summed E-state index contributed by atoms with van der Waals surface area (Å²) in [5.41, 5.74) is -0.738. The van der Waals surface area contributed by atoms with Crippen LogP contribution in [0.4, 0.5) is 13.2 Å². The summed E-state index contributed by atoms with van der Waals surface area (Å²) in [5, 5.41) is 4.43. The van der Waals surface area contributed by atoms with Gasteiger partial charge in [-0.2, -0.15) is 18.3 Å². The van der Waals surface area contributed by atoms with Crippen molar-refractivity contribution in [2.75, 3.05) is 12.9 Å². The van der Waals surface area contributed by atoms with Crippen LogP contribution in [-0.4, -0.2) is 32.6 Å². The molecule has 0 aliphatic carbocycles. The fourth-order valence-electron chi connectivity index (χ4n) is 2.51. The Labute approximate surface area is 135 Å². The highest BCUT2D eigenvalue weighted by Crippen LogP contribution is 2.37. The van der Waals surface area contributed by atoms with Crippen molar-refractivity contribution in [2.24, 2.45) is 0 Å². The molecule has 124 valence electrons. The van der Waals surface area contributed by atoms with Crippen molar-refractivity contribution in [1.29, 1.82) is 0 Å². The molecule has 2 aromatic heterocycles. The third-order valence-electron chi connectivity index (χ3n) is 3.60. The number of halogens is 3. The van der Waals surface area contributed by atoms with Crippen LogP contribution in [0.1, 0.15) is 31.1 Å². The summed E-state index contributed by atoms with van der Waals surface area (Å²) < 4.78 is 47.0. The monoisotopic (exact) mass is 344 g/mol. The normalized spacial score (nSPS) is 19.0. The van der Waals surface area contributed by atoms with Gasteiger partial charge >= 0.3 is 6.18 Å². The minimum Gasteiger partial charge on any atom is -0.356 e. The molecule has 2 aromatic rings. The Morgan fingerprint density at radius 3 is 2.83 bits per heavy atom. The molecule has 1 unspecified atom stereocenters. The maximum atomic E-state index is 13.3. The Balaban J connectivity index is 2.09. The summed E-state index contributed by atoms with van der Waals surface area (Å²) in [4.78, 5) is 7.82. The predicted molar refractivity (Wildman–Crippen MR) is 78.9 cm³/mol. The van der Waals surface area contributed by atoms with Gasteiger partial charge in [0.2, 0.25) is 0 Å². The first-order valence-electron chi connectivity index (χ1n) is 7.14. The third kappa shape index (κ3) is 3.35. The maximum absolute atomic E-state index is 13.3. The molecular weight excluding hydrogens is 329 g/mol. The Bertz CT molecular complexity index is 683. The fraction of sp³-hybridized carbons (Fsp3) is 0.500. The molecule has 3 rings (SSSR count). The molecule has 0 spiro atoms. The number of nitrogens with zero attached hydrogens (tertiary/aromatic N) is 4. The second kappa shape index (κ2) is 6.48. The van der Waals surface area contributed by atoms with Gasteiger partial charge in [-0.1, -0.05) is 11.8 Å².